The lowest BCUT2D eigenvalue weighted by Crippen LogP contribution is -1.95. The van der Waals surface area contributed by atoms with Crippen LogP contribution in [0.5, 0.6) is 5.75 Å². The third-order valence-corrected chi connectivity index (χ3v) is 4.09. The fraction of sp³-hybridized carbons (Fsp3) is 0.0500. The molecule has 1 N–H and O–H groups in total. The second kappa shape index (κ2) is 6.38. The van der Waals surface area contributed by atoms with Gasteiger partial charge in [-0.3, -0.25) is 4.98 Å². The molecular weight excluding hydrogens is 320 g/mol. The number of hydrogen-bond donors (Lipinski definition) is 1. The predicted molar refractivity (Wildman–Crippen MR) is 97.3 cm³/mol. The zero-order valence-electron chi connectivity index (χ0n) is 12.9. The average Bonchev–Trinajstić information content (AvgIpc) is 3.04. The third-order valence-electron chi connectivity index (χ3n) is 3.86. The van der Waals surface area contributed by atoms with Crippen LogP contribution in [0.3, 0.4) is 0 Å². The van der Waals surface area contributed by atoms with Crippen molar-refractivity contribution >= 4 is 22.5 Å². The minimum absolute atomic E-state index is 0.522. The van der Waals surface area contributed by atoms with Crippen LogP contribution in [-0.2, 0) is 6.61 Å². The van der Waals surface area contributed by atoms with Gasteiger partial charge < -0.3 is 9.72 Å². The standard InChI is InChI=1S/C20H15ClN2O/c21-17-7-6-15-9-19(23-20(15)10-17)16-8-18(12-22-11-16)24-13-14-4-2-1-3-5-14/h1-12,23H,13H2. The van der Waals surface area contributed by atoms with E-state index in [1.165, 1.54) is 0 Å². The number of fused-ring (bicyclic) bond motifs is 1. The summed E-state index contributed by atoms with van der Waals surface area (Å²) in [4.78, 5) is 7.66. The molecule has 2 aromatic carbocycles. The summed E-state index contributed by atoms with van der Waals surface area (Å²) in [7, 11) is 0. The van der Waals surface area contributed by atoms with Crippen molar-refractivity contribution in [1.82, 2.24) is 9.97 Å². The Kier molecular flexibility index (Phi) is 3.93. The predicted octanol–water partition coefficient (Wildman–Crippen LogP) is 5.46. The van der Waals surface area contributed by atoms with E-state index in [-0.39, 0.29) is 0 Å². The number of hydrogen-bond acceptors (Lipinski definition) is 2. The summed E-state index contributed by atoms with van der Waals surface area (Å²) in [6.45, 7) is 0.522. The Morgan fingerprint density at radius 2 is 1.83 bits per heavy atom. The fourth-order valence-corrected chi connectivity index (χ4v) is 2.81. The Bertz CT molecular complexity index is 979. The Labute approximate surface area is 144 Å². The summed E-state index contributed by atoms with van der Waals surface area (Å²) < 4.78 is 5.85. The van der Waals surface area contributed by atoms with E-state index in [0.717, 1.165) is 33.5 Å². The van der Waals surface area contributed by atoms with E-state index >= 15 is 0 Å². The van der Waals surface area contributed by atoms with Gasteiger partial charge in [0.05, 0.1) is 6.20 Å². The first-order valence-electron chi connectivity index (χ1n) is 7.68. The highest BCUT2D eigenvalue weighted by Crippen LogP contribution is 2.27. The second-order valence-corrected chi connectivity index (χ2v) is 6.03. The molecule has 0 aliphatic carbocycles. The minimum Gasteiger partial charge on any atom is -0.487 e. The normalized spacial score (nSPS) is 10.9. The van der Waals surface area contributed by atoms with Crippen molar-refractivity contribution in [3.63, 3.8) is 0 Å². The van der Waals surface area contributed by atoms with Gasteiger partial charge in [-0.25, -0.2) is 0 Å². The summed E-state index contributed by atoms with van der Waals surface area (Å²) in [5, 5.41) is 1.83. The number of aromatic nitrogens is 2. The van der Waals surface area contributed by atoms with Crippen molar-refractivity contribution in [3.05, 3.63) is 83.6 Å². The topological polar surface area (TPSA) is 37.9 Å². The maximum atomic E-state index is 6.05. The van der Waals surface area contributed by atoms with E-state index in [1.54, 1.807) is 6.20 Å². The van der Waals surface area contributed by atoms with Crippen molar-refractivity contribution in [2.45, 2.75) is 6.61 Å². The molecule has 24 heavy (non-hydrogen) atoms. The van der Waals surface area contributed by atoms with E-state index in [1.807, 2.05) is 60.8 Å². The van der Waals surface area contributed by atoms with Gasteiger partial charge in [0, 0.05) is 33.4 Å². The first kappa shape index (κ1) is 14.8. The van der Waals surface area contributed by atoms with Gasteiger partial charge in [-0.05, 0) is 29.8 Å². The van der Waals surface area contributed by atoms with Crippen LogP contribution < -0.4 is 4.74 Å². The van der Waals surface area contributed by atoms with E-state index in [4.69, 9.17) is 16.3 Å². The maximum absolute atomic E-state index is 6.05. The smallest absolute Gasteiger partial charge is 0.138 e. The highest BCUT2D eigenvalue weighted by atomic mass is 35.5. The molecule has 0 aliphatic rings. The van der Waals surface area contributed by atoms with E-state index in [0.29, 0.717) is 11.6 Å². The number of halogens is 1. The van der Waals surface area contributed by atoms with Crippen molar-refractivity contribution in [2.24, 2.45) is 0 Å². The highest BCUT2D eigenvalue weighted by Gasteiger charge is 2.06. The lowest BCUT2D eigenvalue weighted by molar-refractivity contribution is 0.305. The van der Waals surface area contributed by atoms with Crippen molar-refractivity contribution in [3.8, 4) is 17.0 Å². The molecule has 0 spiro atoms. The number of aromatic amines is 1. The molecule has 118 valence electrons. The zero-order chi connectivity index (χ0) is 16.4. The van der Waals surface area contributed by atoms with Crippen molar-refractivity contribution in [2.75, 3.05) is 0 Å². The summed E-state index contributed by atoms with van der Waals surface area (Å²) in [6.07, 6.45) is 3.55. The SMILES string of the molecule is Clc1ccc2cc(-c3cncc(OCc4ccccc4)c3)[nH]c2c1. The molecule has 0 atom stereocenters. The van der Waals surface area contributed by atoms with Gasteiger partial charge in [-0.15, -0.1) is 0 Å². The Morgan fingerprint density at radius 3 is 2.71 bits per heavy atom. The van der Waals surface area contributed by atoms with Gasteiger partial charge in [0.25, 0.3) is 0 Å². The van der Waals surface area contributed by atoms with Crippen LogP contribution in [0.15, 0.2) is 73.1 Å². The van der Waals surface area contributed by atoms with E-state index in [9.17, 15) is 0 Å². The average molecular weight is 335 g/mol. The fourth-order valence-electron chi connectivity index (χ4n) is 2.64. The molecule has 0 bridgehead atoms. The number of rotatable bonds is 4. The highest BCUT2D eigenvalue weighted by molar-refractivity contribution is 6.31. The summed E-state index contributed by atoms with van der Waals surface area (Å²) in [5.74, 6) is 0.744. The van der Waals surface area contributed by atoms with Crippen LogP contribution in [-0.4, -0.2) is 9.97 Å². The monoisotopic (exact) mass is 334 g/mol. The molecule has 0 fully saturated rings. The number of ether oxygens (including phenoxy) is 1. The van der Waals surface area contributed by atoms with Gasteiger partial charge in [-0.1, -0.05) is 48.0 Å². The molecule has 0 aliphatic heterocycles. The van der Waals surface area contributed by atoms with E-state index in [2.05, 4.69) is 16.0 Å². The third kappa shape index (κ3) is 3.12. The molecule has 2 heterocycles. The molecule has 3 nitrogen and oxygen atoms in total. The minimum atomic E-state index is 0.522. The number of nitrogens with one attached hydrogen (secondary N) is 1. The maximum Gasteiger partial charge on any atom is 0.138 e. The first-order valence-corrected chi connectivity index (χ1v) is 8.06. The molecule has 0 saturated carbocycles. The van der Waals surface area contributed by atoms with Gasteiger partial charge in [0.1, 0.15) is 12.4 Å². The molecule has 4 heteroatoms. The molecule has 0 saturated heterocycles. The molecule has 4 aromatic rings. The molecule has 0 unspecified atom stereocenters. The largest absolute Gasteiger partial charge is 0.487 e. The van der Waals surface area contributed by atoms with Gasteiger partial charge >= 0.3 is 0 Å². The second-order valence-electron chi connectivity index (χ2n) is 5.60. The van der Waals surface area contributed by atoms with Crippen LogP contribution in [0.1, 0.15) is 5.56 Å². The van der Waals surface area contributed by atoms with Crippen molar-refractivity contribution in [1.29, 1.82) is 0 Å². The Hall–Kier alpha value is -2.78. The zero-order valence-corrected chi connectivity index (χ0v) is 13.6. The lowest BCUT2D eigenvalue weighted by Gasteiger charge is -2.07. The number of nitrogens with zero attached hydrogens (tertiary/aromatic N) is 1. The van der Waals surface area contributed by atoms with Gasteiger partial charge in [-0.2, -0.15) is 0 Å². The first-order chi connectivity index (χ1) is 11.8. The van der Waals surface area contributed by atoms with Crippen LogP contribution in [0, 0.1) is 0 Å². The quantitative estimate of drug-likeness (QED) is 0.538. The Morgan fingerprint density at radius 1 is 0.958 bits per heavy atom. The molecule has 4 rings (SSSR count). The molecule has 2 aromatic heterocycles. The van der Waals surface area contributed by atoms with Crippen LogP contribution >= 0.6 is 11.6 Å². The van der Waals surface area contributed by atoms with Gasteiger partial charge in [0.15, 0.2) is 0 Å². The molecular formula is C20H15ClN2O. The van der Waals surface area contributed by atoms with Crippen molar-refractivity contribution < 1.29 is 4.74 Å². The molecule has 0 amide bonds. The molecule has 0 radical (unpaired) electrons. The van der Waals surface area contributed by atoms with Crippen LogP contribution in [0.25, 0.3) is 22.2 Å². The van der Waals surface area contributed by atoms with Crippen LogP contribution in [0.4, 0.5) is 0 Å². The number of benzene rings is 2. The van der Waals surface area contributed by atoms with E-state index < -0.39 is 0 Å². The number of H-pyrrole nitrogens is 1. The van der Waals surface area contributed by atoms with Crippen LogP contribution in [0.2, 0.25) is 5.02 Å². The Balaban J connectivity index is 1.59. The number of pyridine rings is 1. The van der Waals surface area contributed by atoms with Gasteiger partial charge in [0.2, 0.25) is 0 Å². The lowest BCUT2D eigenvalue weighted by atomic mass is 10.2. The summed E-state index contributed by atoms with van der Waals surface area (Å²) in [5.41, 5.74) is 4.11. The summed E-state index contributed by atoms with van der Waals surface area (Å²) >= 11 is 6.05. The summed E-state index contributed by atoms with van der Waals surface area (Å²) in [6, 6.07) is 20.0.